The van der Waals surface area contributed by atoms with Crippen molar-refractivity contribution in [1.82, 2.24) is 5.32 Å². The fourth-order valence-corrected chi connectivity index (χ4v) is 6.66. The average molecular weight is 686 g/mol. The zero-order valence-corrected chi connectivity index (χ0v) is 31.3. The SMILES string of the molecule is CCCCCCCC/C=C\CCCCCCCCC(O)C(=O)NC(CS(=O)(=O)O)C(O)/C=C/CCCCCCCCCCCCCC. The first kappa shape index (κ1) is 45.8. The maximum Gasteiger partial charge on any atom is 0.267 e. The first-order valence-corrected chi connectivity index (χ1v) is 21.3. The van der Waals surface area contributed by atoms with E-state index in [0.29, 0.717) is 6.42 Å². The molecular formula is C39H75NO6S. The van der Waals surface area contributed by atoms with Gasteiger partial charge in [0.2, 0.25) is 5.91 Å². The molecule has 0 aliphatic heterocycles. The summed E-state index contributed by atoms with van der Waals surface area (Å²) in [6.07, 6.45) is 38.0. The second-order valence-electron chi connectivity index (χ2n) is 13.7. The van der Waals surface area contributed by atoms with Gasteiger partial charge in [0.15, 0.2) is 0 Å². The van der Waals surface area contributed by atoms with Gasteiger partial charge in [0.25, 0.3) is 10.1 Å². The molecule has 4 N–H and O–H groups in total. The van der Waals surface area contributed by atoms with E-state index in [2.05, 4.69) is 31.3 Å². The van der Waals surface area contributed by atoms with Crippen molar-refractivity contribution in [2.24, 2.45) is 0 Å². The maximum atomic E-state index is 12.6. The zero-order valence-electron chi connectivity index (χ0n) is 30.5. The Morgan fingerprint density at radius 1 is 0.574 bits per heavy atom. The van der Waals surface area contributed by atoms with E-state index in [4.69, 9.17) is 0 Å². The standard InChI is InChI=1S/C39H75NO6S/c1-3-5-7-9-11-13-15-17-19-20-22-24-26-28-30-32-34-38(42)39(43)40-36(35-47(44,45)46)37(41)33-31-29-27-25-23-21-18-16-14-12-10-8-6-4-2/h17,19,31,33,36-38,41-42H,3-16,18,20-30,32,34-35H2,1-2H3,(H,40,43)(H,44,45,46)/b19-17-,33-31+. The Balaban J connectivity index is 4.08. The third-order valence-corrected chi connectivity index (χ3v) is 9.76. The molecule has 0 heterocycles. The van der Waals surface area contributed by atoms with Crippen molar-refractivity contribution in [1.29, 1.82) is 0 Å². The molecule has 47 heavy (non-hydrogen) atoms. The normalized spacial score (nSPS) is 14.2. The molecule has 0 bridgehead atoms. The lowest BCUT2D eigenvalue weighted by atomic mass is 10.0. The molecule has 278 valence electrons. The number of aliphatic hydroxyl groups is 2. The maximum absolute atomic E-state index is 12.6. The van der Waals surface area contributed by atoms with Crippen LogP contribution in [0, 0.1) is 0 Å². The molecule has 0 spiro atoms. The van der Waals surface area contributed by atoms with Gasteiger partial charge in [-0.15, -0.1) is 0 Å². The van der Waals surface area contributed by atoms with Crippen LogP contribution in [-0.4, -0.2) is 53.1 Å². The molecule has 0 fully saturated rings. The van der Waals surface area contributed by atoms with Gasteiger partial charge in [-0.3, -0.25) is 9.35 Å². The van der Waals surface area contributed by atoms with Crippen molar-refractivity contribution in [3.8, 4) is 0 Å². The third-order valence-electron chi connectivity index (χ3n) is 8.98. The molecule has 0 radical (unpaired) electrons. The Morgan fingerprint density at radius 2 is 0.936 bits per heavy atom. The lowest BCUT2D eigenvalue weighted by molar-refractivity contribution is -0.130. The number of allylic oxidation sites excluding steroid dienone is 3. The highest BCUT2D eigenvalue weighted by Gasteiger charge is 2.27. The smallest absolute Gasteiger partial charge is 0.267 e. The molecule has 1 amide bonds. The largest absolute Gasteiger partial charge is 0.387 e. The van der Waals surface area contributed by atoms with Crippen LogP contribution in [0.2, 0.25) is 0 Å². The van der Waals surface area contributed by atoms with Crippen LogP contribution in [0.15, 0.2) is 24.3 Å². The Morgan fingerprint density at radius 3 is 1.34 bits per heavy atom. The summed E-state index contributed by atoms with van der Waals surface area (Å²) in [6.45, 7) is 4.49. The van der Waals surface area contributed by atoms with Crippen molar-refractivity contribution in [3.05, 3.63) is 24.3 Å². The van der Waals surface area contributed by atoms with Crippen LogP contribution in [0.5, 0.6) is 0 Å². The fraction of sp³-hybridized carbons (Fsp3) is 0.872. The van der Waals surface area contributed by atoms with Gasteiger partial charge in [-0.1, -0.05) is 173 Å². The van der Waals surface area contributed by atoms with Crippen LogP contribution < -0.4 is 5.32 Å². The van der Waals surface area contributed by atoms with Crippen molar-refractivity contribution in [3.63, 3.8) is 0 Å². The van der Waals surface area contributed by atoms with Crippen LogP contribution >= 0.6 is 0 Å². The quantitative estimate of drug-likeness (QED) is 0.0299. The lowest BCUT2D eigenvalue weighted by Crippen LogP contribution is -2.50. The predicted molar refractivity (Wildman–Crippen MR) is 199 cm³/mol. The van der Waals surface area contributed by atoms with Gasteiger partial charge in [-0.25, -0.2) is 0 Å². The van der Waals surface area contributed by atoms with Crippen molar-refractivity contribution >= 4 is 16.0 Å². The van der Waals surface area contributed by atoms with Crippen LogP contribution in [0.1, 0.15) is 194 Å². The summed E-state index contributed by atoms with van der Waals surface area (Å²) in [4.78, 5) is 12.6. The van der Waals surface area contributed by atoms with E-state index in [0.717, 1.165) is 44.9 Å². The Kier molecular flexibility index (Phi) is 32.4. The number of nitrogens with one attached hydrogen (secondary N) is 1. The number of hydrogen-bond donors (Lipinski definition) is 4. The van der Waals surface area contributed by atoms with Crippen LogP contribution in [0.25, 0.3) is 0 Å². The molecule has 0 aromatic rings. The minimum atomic E-state index is -4.44. The number of rotatable bonds is 35. The second-order valence-corrected chi connectivity index (χ2v) is 15.2. The van der Waals surface area contributed by atoms with E-state index < -0.39 is 40.0 Å². The number of carbonyl (C=O) groups is 1. The van der Waals surface area contributed by atoms with Gasteiger partial charge in [0.05, 0.1) is 17.9 Å². The van der Waals surface area contributed by atoms with Crippen molar-refractivity contribution in [2.45, 2.75) is 212 Å². The van der Waals surface area contributed by atoms with Gasteiger partial charge in [0.1, 0.15) is 6.10 Å². The number of unbranched alkanes of at least 4 members (excludes halogenated alkanes) is 24. The number of aliphatic hydroxyl groups excluding tert-OH is 2. The molecule has 3 atom stereocenters. The summed E-state index contributed by atoms with van der Waals surface area (Å²) in [5.74, 6) is -1.54. The van der Waals surface area contributed by atoms with Crippen LogP contribution in [0.3, 0.4) is 0 Å². The summed E-state index contributed by atoms with van der Waals surface area (Å²) in [5, 5.41) is 23.3. The minimum Gasteiger partial charge on any atom is -0.387 e. The number of carbonyl (C=O) groups excluding carboxylic acids is 1. The van der Waals surface area contributed by atoms with E-state index in [1.165, 1.54) is 128 Å². The van der Waals surface area contributed by atoms with Crippen molar-refractivity contribution in [2.75, 3.05) is 5.75 Å². The summed E-state index contributed by atoms with van der Waals surface area (Å²) in [6, 6.07) is -1.23. The summed E-state index contributed by atoms with van der Waals surface area (Å²) in [5.41, 5.74) is 0. The van der Waals surface area contributed by atoms with Crippen LogP contribution in [-0.2, 0) is 14.9 Å². The average Bonchev–Trinajstić information content (AvgIpc) is 3.03. The Labute approximate surface area is 290 Å². The molecule has 0 aromatic heterocycles. The first-order chi connectivity index (χ1) is 22.7. The fourth-order valence-electron chi connectivity index (χ4n) is 5.92. The Hall–Kier alpha value is -1.22. The molecule has 0 saturated carbocycles. The van der Waals surface area contributed by atoms with Crippen molar-refractivity contribution < 1.29 is 28.0 Å². The lowest BCUT2D eigenvalue weighted by Gasteiger charge is -2.22. The van der Waals surface area contributed by atoms with E-state index >= 15 is 0 Å². The number of hydrogen-bond acceptors (Lipinski definition) is 5. The highest BCUT2D eigenvalue weighted by Crippen LogP contribution is 2.14. The van der Waals surface area contributed by atoms with Gasteiger partial charge < -0.3 is 15.5 Å². The second kappa shape index (κ2) is 33.3. The minimum absolute atomic E-state index is 0.274. The Bertz CT molecular complexity index is 860. The highest BCUT2D eigenvalue weighted by molar-refractivity contribution is 7.85. The van der Waals surface area contributed by atoms with Crippen LogP contribution in [0.4, 0.5) is 0 Å². The molecule has 3 unspecified atom stereocenters. The molecule has 0 aliphatic carbocycles. The number of amides is 1. The molecule has 8 heteroatoms. The predicted octanol–water partition coefficient (Wildman–Crippen LogP) is 10.2. The summed E-state index contributed by atoms with van der Waals surface area (Å²) >= 11 is 0. The third kappa shape index (κ3) is 33.1. The van der Waals surface area contributed by atoms with Gasteiger partial charge in [-0.2, -0.15) is 8.42 Å². The summed E-state index contributed by atoms with van der Waals surface area (Å²) < 4.78 is 32.4. The van der Waals surface area contributed by atoms with E-state index in [9.17, 15) is 28.0 Å². The molecule has 0 aliphatic rings. The van der Waals surface area contributed by atoms with E-state index in [1.54, 1.807) is 6.08 Å². The monoisotopic (exact) mass is 686 g/mol. The molecule has 0 saturated heterocycles. The first-order valence-electron chi connectivity index (χ1n) is 19.6. The van der Waals surface area contributed by atoms with E-state index in [-0.39, 0.29) is 6.42 Å². The molecule has 7 nitrogen and oxygen atoms in total. The van der Waals surface area contributed by atoms with E-state index in [1.807, 2.05) is 0 Å². The van der Waals surface area contributed by atoms with Gasteiger partial charge in [-0.05, 0) is 44.9 Å². The van der Waals surface area contributed by atoms with Gasteiger partial charge >= 0.3 is 0 Å². The van der Waals surface area contributed by atoms with Gasteiger partial charge in [0, 0.05) is 0 Å². The zero-order chi connectivity index (χ0) is 34.9. The highest BCUT2D eigenvalue weighted by atomic mass is 32.2. The topological polar surface area (TPSA) is 124 Å². The molecule has 0 aromatic carbocycles. The molecular weight excluding hydrogens is 610 g/mol. The molecule has 0 rings (SSSR count). The summed E-state index contributed by atoms with van der Waals surface area (Å²) in [7, 11) is -4.44.